The summed E-state index contributed by atoms with van der Waals surface area (Å²) in [5.41, 5.74) is 0. The number of piperazine rings is 1. The van der Waals surface area contributed by atoms with E-state index in [9.17, 15) is 0 Å². The zero-order valence-electron chi connectivity index (χ0n) is 15.7. The van der Waals surface area contributed by atoms with Crippen LogP contribution in [-0.2, 0) is 12.8 Å². The molecule has 0 atom stereocenters. The van der Waals surface area contributed by atoms with Crippen LogP contribution >= 0.6 is 11.3 Å². The van der Waals surface area contributed by atoms with E-state index in [1.54, 1.807) is 11.3 Å². The second kappa shape index (κ2) is 9.52. The normalized spacial score (nSPS) is 15.4. The molecule has 0 amide bonds. The number of aromatic nitrogens is 2. The summed E-state index contributed by atoms with van der Waals surface area (Å²) in [5, 5.41) is 4.62. The molecule has 1 aliphatic rings. The molecule has 0 unspecified atom stereocenters. The molecule has 2 aromatic rings. The van der Waals surface area contributed by atoms with E-state index >= 15 is 0 Å². The van der Waals surface area contributed by atoms with Crippen LogP contribution in [0.25, 0.3) is 0 Å². The number of hydrogen-bond donors (Lipinski definition) is 1. The van der Waals surface area contributed by atoms with Gasteiger partial charge in [-0.15, -0.1) is 11.3 Å². The SMILES string of the molecule is CCNC(=NCCc1ncc(CC)s1)N1CCN(c2ccccn2)CC1. The van der Waals surface area contributed by atoms with Crippen LogP contribution in [0.15, 0.2) is 35.6 Å². The average molecular weight is 373 g/mol. The summed E-state index contributed by atoms with van der Waals surface area (Å²) in [6, 6.07) is 6.08. The molecule has 1 fully saturated rings. The molecule has 0 aromatic carbocycles. The van der Waals surface area contributed by atoms with E-state index in [0.29, 0.717) is 0 Å². The summed E-state index contributed by atoms with van der Waals surface area (Å²) < 4.78 is 0. The van der Waals surface area contributed by atoms with Gasteiger partial charge >= 0.3 is 0 Å². The predicted octanol–water partition coefficient (Wildman–Crippen LogP) is 2.43. The van der Waals surface area contributed by atoms with Crippen molar-refractivity contribution in [1.82, 2.24) is 20.2 Å². The molecular weight excluding hydrogens is 344 g/mol. The van der Waals surface area contributed by atoms with Gasteiger partial charge in [-0.05, 0) is 25.5 Å². The number of guanidine groups is 1. The highest BCUT2D eigenvalue weighted by Gasteiger charge is 2.20. The Labute approximate surface area is 160 Å². The van der Waals surface area contributed by atoms with Crippen molar-refractivity contribution >= 4 is 23.1 Å². The molecule has 1 aliphatic heterocycles. The van der Waals surface area contributed by atoms with Gasteiger partial charge in [-0.2, -0.15) is 0 Å². The molecule has 0 bridgehead atoms. The summed E-state index contributed by atoms with van der Waals surface area (Å²) in [7, 11) is 0. The third-order valence-corrected chi connectivity index (χ3v) is 5.63. The first-order valence-electron chi connectivity index (χ1n) is 9.43. The van der Waals surface area contributed by atoms with Crippen LogP contribution in [0.4, 0.5) is 5.82 Å². The molecule has 0 spiro atoms. The summed E-state index contributed by atoms with van der Waals surface area (Å²) in [6.07, 6.45) is 5.82. The Hall–Kier alpha value is -2.15. The predicted molar refractivity (Wildman–Crippen MR) is 109 cm³/mol. The molecule has 1 saturated heterocycles. The lowest BCUT2D eigenvalue weighted by Crippen LogP contribution is -2.52. The molecule has 0 aliphatic carbocycles. The van der Waals surface area contributed by atoms with Crippen molar-refractivity contribution in [2.45, 2.75) is 26.7 Å². The maximum atomic E-state index is 4.83. The lowest BCUT2D eigenvalue weighted by Gasteiger charge is -2.37. The quantitative estimate of drug-likeness (QED) is 0.623. The minimum absolute atomic E-state index is 0.777. The molecule has 26 heavy (non-hydrogen) atoms. The van der Waals surface area contributed by atoms with Crippen LogP contribution in [0.3, 0.4) is 0 Å². The minimum atomic E-state index is 0.777. The second-order valence-corrected chi connectivity index (χ2v) is 7.42. The van der Waals surface area contributed by atoms with E-state index in [1.165, 1.54) is 9.88 Å². The highest BCUT2D eigenvalue weighted by atomic mass is 32.1. The van der Waals surface area contributed by atoms with Crippen LogP contribution in [0.5, 0.6) is 0 Å². The van der Waals surface area contributed by atoms with E-state index in [1.807, 2.05) is 24.5 Å². The fraction of sp³-hybridized carbons (Fsp3) is 0.526. The number of pyridine rings is 1. The van der Waals surface area contributed by atoms with Crippen molar-refractivity contribution in [3.8, 4) is 0 Å². The molecule has 0 saturated carbocycles. The lowest BCUT2D eigenvalue weighted by atomic mass is 10.3. The number of anilines is 1. The molecule has 6 nitrogen and oxygen atoms in total. The topological polar surface area (TPSA) is 56.7 Å². The summed E-state index contributed by atoms with van der Waals surface area (Å²) in [5.74, 6) is 2.07. The Morgan fingerprint density at radius 2 is 2.04 bits per heavy atom. The standard InChI is InChI=1S/C19H28N6S/c1-3-16-15-23-18(26-16)8-10-22-19(20-4-2)25-13-11-24(12-14-25)17-7-5-6-9-21-17/h5-7,9,15H,3-4,8,10-14H2,1-2H3,(H,20,22). The Morgan fingerprint density at radius 3 is 2.69 bits per heavy atom. The first kappa shape index (κ1) is 18.6. The molecule has 0 radical (unpaired) electrons. The van der Waals surface area contributed by atoms with Crippen LogP contribution < -0.4 is 10.2 Å². The maximum absolute atomic E-state index is 4.83. The minimum Gasteiger partial charge on any atom is -0.357 e. The monoisotopic (exact) mass is 372 g/mol. The average Bonchev–Trinajstić information content (AvgIpc) is 3.16. The summed E-state index contributed by atoms with van der Waals surface area (Å²) in [4.78, 5) is 19.8. The van der Waals surface area contributed by atoms with Crippen molar-refractivity contribution in [3.63, 3.8) is 0 Å². The number of hydrogen-bond acceptors (Lipinski definition) is 5. The number of nitrogens with zero attached hydrogens (tertiary/aromatic N) is 5. The number of thiazole rings is 1. The summed E-state index contributed by atoms with van der Waals surface area (Å²) >= 11 is 1.80. The van der Waals surface area contributed by atoms with Gasteiger partial charge in [0.2, 0.25) is 0 Å². The van der Waals surface area contributed by atoms with Gasteiger partial charge in [0, 0.05) is 63.0 Å². The molecule has 1 N–H and O–H groups in total. The Morgan fingerprint density at radius 1 is 1.19 bits per heavy atom. The van der Waals surface area contributed by atoms with Crippen LogP contribution in [0.1, 0.15) is 23.7 Å². The van der Waals surface area contributed by atoms with E-state index in [2.05, 4.69) is 45.0 Å². The van der Waals surface area contributed by atoms with E-state index < -0.39 is 0 Å². The van der Waals surface area contributed by atoms with Crippen molar-refractivity contribution in [1.29, 1.82) is 0 Å². The van der Waals surface area contributed by atoms with Gasteiger partial charge in [-0.1, -0.05) is 13.0 Å². The summed E-state index contributed by atoms with van der Waals surface area (Å²) in [6.45, 7) is 9.80. The molecular formula is C19H28N6S. The largest absolute Gasteiger partial charge is 0.357 e. The van der Waals surface area contributed by atoms with Gasteiger partial charge in [0.15, 0.2) is 5.96 Å². The van der Waals surface area contributed by atoms with Gasteiger partial charge < -0.3 is 15.1 Å². The van der Waals surface area contributed by atoms with E-state index in [0.717, 1.165) is 63.9 Å². The Bertz CT molecular complexity index is 691. The van der Waals surface area contributed by atoms with Crippen molar-refractivity contribution in [2.24, 2.45) is 4.99 Å². The fourth-order valence-electron chi connectivity index (χ4n) is 3.00. The Balaban J connectivity index is 1.54. The number of aliphatic imine (C=N–C) groups is 1. The van der Waals surface area contributed by atoms with Gasteiger partial charge in [0.1, 0.15) is 5.82 Å². The van der Waals surface area contributed by atoms with Crippen molar-refractivity contribution in [3.05, 3.63) is 40.5 Å². The third-order valence-electron chi connectivity index (χ3n) is 4.42. The highest BCUT2D eigenvalue weighted by Crippen LogP contribution is 2.14. The van der Waals surface area contributed by atoms with Crippen molar-refractivity contribution in [2.75, 3.05) is 44.2 Å². The third kappa shape index (κ3) is 4.94. The van der Waals surface area contributed by atoms with Crippen LogP contribution in [-0.4, -0.2) is 60.1 Å². The smallest absolute Gasteiger partial charge is 0.194 e. The zero-order valence-corrected chi connectivity index (χ0v) is 16.5. The van der Waals surface area contributed by atoms with Gasteiger partial charge in [-0.25, -0.2) is 9.97 Å². The molecule has 3 heterocycles. The molecule has 2 aromatic heterocycles. The van der Waals surface area contributed by atoms with Crippen molar-refractivity contribution < 1.29 is 0 Å². The van der Waals surface area contributed by atoms with Crippen LogP contribution in [0, 0.1) is 0 Å². The highest BCUT2D eigenvalue weighted by molar-refractivity contribution is 7.11. The van der Waals surface area contributed by atoms with Gasteiger partial charge in [0.25, 0.3) is 0 Å². The van der Waals surface area contributed by atoms with E-state index in [-0.39, 0.29) is 0 Å². The van der Waals surface area contributed by atoms with Gasteiger partial charge in [-0.3, -0.25) is 4.99 Å². The van der Waals surface area contributed by atoms with Crippen LogP contribution in [0.2, 0.25) is 0 Å². The first-order valence-corrected chi connectivity index (χ1v) is 10.2. The maximum Gasteiger partial charge on any atom is 0.194 e. The Kier molecular flexibility index (Phi) is 6.82. The van der Waals surface area contributed by atoms with Gasteiger partial charge in [0.05, 0.1) is 5.01 Å². The molecule has 3 rings (SSSR count). The van der Waals surface area contributed by atoms with E-state index in [4.69, 9.17) is 4.99 Å². The molecule has 140 valence electrons. The first-order chi connectivity index (χ1) is 12.8. The number of aryl methyl sites for hydroxylation is 1. The lowest BCUT2D eigenvalue weighted by molar-refractivity contribution is 0.371. The number of nitrogens with one attached hydrogen (secondary N) is 1. The zero-order chi connectivity index (χ0) is 18.2. The molecule has 7 heteroatoms. The second-order valence-electron chi connectivity index (χ2n) is 6.22. The fourth-order valence-corrected chi connectivity index (χ4v) is 3.85. The number of rotatable bonds is 6.